The molecule has 1 aromatic heterocycles. The fourth-order valence-electron chi connectivity index (χ4n) is 1.12. The second-order valence-corrected chi connectivity index (χ2v) is 3.20. The van der Waals surface area contributed by atoms with Crippen LogP contribution in [0.15, 0.2) is 12.1 Å². The van der Waals surface area contributed by atoms with E-state index >= 15 is 0 Å². The van der Waals surface area contributed by atoms with Gasteiger partial charge in [-0.3, -0.25) is 4.79 Å². The van der Waals surface area contributed by atoms with Gasteiger partial charge in [0.2, 0.25) is 0 Å². The highest BCUT2D eigenvalue weighted by atomic mass is 16.5. The van der Waals surface area contributed by atoms with Crippen LogP contribution >= 0.6 is 0 Å². The molecule has 0 bridgehead atoms. The molecule has 0 aliphatic heterocycles. The lowest BCUT2D eigenvalue weighted by Crippen LogP contribution is -2.33. The molecule has 88 valence electrons. The van der Waals surface area contributed by atoms with Crippen molar-refractivity contribution < 1.29 is 9.53 Å². The first kappa shape index (κ1) is 12.3. The van der Waals surface area contributed by atoms with Crippen LogP contribution in [0.25, 0.3) is 0 Å². The average molecular weight is 225 g/mol. The van der Waals surface area contributed by atoms with Gasteiger partial charge in [0.25, 0.3) is 5.91 Å². The molecule has 7 heteroatoms. The molecule has 0 fully saturated rings. The van der Waals surface area contributed by atoms with E-state index in [0.717, 1.165) is 0 Å². The van der Waals surface area contributed by atoms with Crippen LogP contribution in [0.2, 0.25) is 0 Å². The highest BCUT2D eigenvalue weighted by Crippen LogP contribution is 2.03. The minimum absolute atomic E-state index is 0.0428. The molecule has 16 heavy (non-hydrogen) atoms. The Morgan fingerprint density at radius 3 is 2.75 bits per heavy atom. The van der Waals surface area contributed by atoms with Gasteiger partial charge in [-0.1, -0.05) is 0 Å². The Hall–Kier alpha value is -1.73. The summed E-state index contributed by atoms with van der Waals surface area (Å²) >= 11 is 0. The first-order chi connectivity index (χ1) is 7.67. The Bertz CT molecular complexity index is 340. The van der Waals surface area contributed by atoms with E-state index in [1.807, 2.05) is 0 Å². The number of rotatable bonds is 6. The monoisotopic (exact) mass is 225 g/mol. The number of ether oxygens (including phenoxy) is 1. The molecule has 0 aliphatic carbocycles. The molecule has 1 rings (SSSR count). The van der Waals surface area contributed by atoms with E-state index < -0.39 is 5.91 Å². The predicted octanol–water partition coefficient (Wildman–Crippen LogP) is -1.04. The van der Waals surface area contributed by atoms with Crippen LogP contribution in [0.1, 0.15) is 10.5 Å². The molecular formula is C9H15N5O2. The van der Waals surface area contributed by atoms with Crippen molar-refractivity contribution in [3.8, 4) is 0 Å². The molecule has 0 aromatic carbocycles. The SMILES string of the molecule is COCC(CN)Nc1ccc(C(N)=O)nn1. The molecular weight excluding hydrogens is 210 g/mol. The van der Waals surface area contributed by atoms with Crippen molar-refractivity contribution in [3.05, 3.63) is 17.8 Å². The van der Waals surface area contributed by atoms with Crippen molar-refractivity contribution in [1.29, 1.82) is 0 Å². The summed E-state index contributed by atoms with van der Waals surface area (Å²) < 4.78 is 4.96. The number of methoxy groups -OCH3 is 1. The molecule has 1 atom stereocenters. The smallest absolute Gasteiger partial charge is 0.269 e. The Morgan fingerprint density at radius 2 is 2.31 bits per heavy atom. The van der Waals surface area contributed by atoms with Gasteiger partial charge in [0.05, 0.1) is 12.6 Å². The van der Waals surface area contributed by atoms with Gasteiger partial charge in [-0.2, -0.15) is 0 Å². The number of nitrogens with one attached hydrogen (secondary N) is 1. The maximum atomic E-state index is 10.8. The van der Waals surface area contributed by atoms with Gasteiger partial charge >= 0.3 is 0 Å². The van der Waals surface area contributed by atoms with Gasteiger partial charge in [-0.25, -0.2) is 0 Å². The van der Waals surface area contributed by atoms with Crippen molar-refractivity contribution in [2.45, 2.75) is 6.04 Å². The maximum Gasteiger partial charge on any atom is 0.269 e. The number of nitrogens with zero attached hydrogens (tertiary/aromatic N) is 2. The van der Waals surface area contributed by atoms with Gasteiger partial charge in [0.15, 0.2) is 5.69 Å². The van der Waals surface area contributed by atoms with Crippen molar-refractivity contribution in [3.63, 3.8) is 0 Å². The van der Waals surface area contributed by atoms with Gasteiger partial charge in [-0.15, -0.1) is 10.2 Å². The molecule has 7 nitrogen and oxygen atoms in total. The van der Waals surface area contributed by atoms with Crippen molar-refractivity contribution in [1.82, 2.24) is 10.2 Å². The third-order valence-electron chi connectivity index (χ3n) is 1.92. The second kappa shape index (κ2) is 5.99. The molecule has 1 heterocycles. The molecule has 0 radical (unpaired) electrons. The summed E-state index contributed by atoms with van der Waals surface area (Å²) in [5.41, 5.74) is 10.7. The first-order valence-corrected chi connectivity index (χ1v) is 4.76. The van der Waals surface area contributed by atoms with E-state index in [2.05, 4.69) is 15.5 Å². The maximum absolute atomic E-state index is 10.8. The van der Waals surface area contributed by atoms with Crippen LogP contribution in [0.3, 0.4) is 0 Å². The number of carbonyl (C=O) groups excluding carboxylic acids is 1. The Morgan fingerprint density at radius 1 is 1.56 bits per heavy atom. The van der Waals surface area contributed by atoms with Crippen molar-refractivity contribution in [2.24, 2.45) is 11.5 Å². The number of primary amides is 1. The molecule has 0 aliphatic rings. The molecule has 1 unspecified atom stereocenters. The molecule has 1 amide bonds. The summed E-state index contributed by atoms with van der Waals surface area (Å²) in [5.74, 6) is -0.0798. The summed E-state index contributed by atoms with van der Waals surface area (Å²) in [6.45, 7) is 0.878. The van der Waals surface area contributed by atoms with Crippen LogP contribution in [0.5, 0.6) is 0 Å². The summed E-state index contributed by atoms with van der Waals surface area (Å²) in [7, 11) is 1.59. The Kier molecular flexibility index (Phi) is 4.62. The van der Waals surface area contributed by atoms with Gasteiger partial charge in [0.1, 0.15) is 5.82 Å². The number of anilines is 1. The third kappa shape index (κ3) is 3.44. The lowest BCUT2D eigenvalue weighted by molar-refractivity contribution is 0.0994. The van der Waals surface area contributed by atoms with Crippen LogP contribution in [0, 0.1) is 0 Å². The van der Waals surface area contributed by atoms with Gasteiger partial charge < -0.3 is 21.5 Å². The minimum Gasteiger partial charge on any atom is -0.383 e. The molecule has 5 N–H and O–H groups in total. The van der Waals surface area contributed by atoms with Crippen LogP contribution in [-0.2, 0) is 4.74 Å². The first-order valence-electron chi connectivity index (χ1n) is 4.76. The number of amides is 1. The highest BCUT2D eigenvalue weighted by Gasteiger charge is 2.08. The minimum atomic E-state index is -0.605. The second-order valence-electron chi connectivity index (χ2n) is 3.20. The van der Waals surface area contributed by atoms with Crippen LogP contribution < -0.4 is 16.8 Å². The van der Waals surface area contributed by atoms with Crippen LogP contribution in [-0.4, -0.2) is 42.4 Å². The zero-order valence-electron chi connectivity index (χ0n) is 9.01. The van der Waals surface area contributed by atoms with E-state index in [0.29, 0.717) is 19.0 Å². The number of aromatic nitrogens is 2. The summed E-state index contributed by atoms with van der Waals surface area (Å²) in [6.07, 6.45) is 0. The Balaban J connectivity index is 2.63. The van der Waals surface area contributed by atoms with Crippen molar-refractivity contribution >= 4 is 11.7 Å². The summed E-state index contributed by atoms with van der Waals surface area (Å²) in [6, 6.07) is 3.07. The molecule has 0 saturated carbocycles. The lowest BCUT2D eigenvalue weighted by atomic mass is 10.3. The van der Waals surface area contributed by atoms with Crippen molar-refractivity contribution in [2.75, 3.05) is 25.6 Å². The van der Waals surface area contributed by atoms with Gasteiger partial charge in [0, 0.05) is 13.7 Å². The number of hydrogen-bond donors (Lipinski definition) is 3. The summed E-state index contributed by atoms with van der Waals surface area (Å²) in [5, 5.41) is 10.5. The fraction of sp³-hybridized carbons (Fsp3) is 0.444. The standard InChI is InChI=1S/C9H15N5O2/c1-16-5-6(4-10)12-8-3-2-7(9(11)15)13-14-8/h2-3,6H,4-5,10H2,1H3,(H2,11,15)(H,12,14). The quantitative estimate of drug-likeness (QED) is 0.569. The normalized spacial score (nSPS) is 12.1. The number of carbonyl (C=O) groups is 1. The van der Waals surface area contributed by atoms with Gasteiger partial charge in [-0.05, 0) is 12.1 Å². The topological polar surface area (TPSA) is 116 Å². The van der Waals surface area contributed by atoms with E-state index in [1.165, 1.54) is 6.07 Å². The fourth-order valence-corrected chi connectivity index (χ4v) is 1.12. The molecule has 1 aromatic rings. The van der Waals surface area contributed by atoms with Crippen LogP contribution in [0.4, 0.5) is 5.82 Å². The van der Waals surface area contributed by atoms with E-state index in [9.17, 15) is 4.79 Å². The predicted molar refractivity (Wildman–Crippen MR) is 58.9 cm³/mol. The summed E-state index contributed by atoms with van der Waals surface area (Å²) in [4.78, 5) is 10.8. The zero-order valence-corrected chi connectivity index (χ0v) is 9.01. The highest BCUT2D eigenvalue weighted by molar-refractivity contribution is 5.90. The number of nitrogens with two attached hydrogens (primary N) is 2. The Labute approximate surface area is 93.2 Å². The van der Waals surface area contributed by atoms with E-state index in [4.69, 9.17) is 16.2 Å². The zero-order chi connectivity index (χ0) is 12.0. The largest absolute Gasteiger partial charge is 0.383 e. The van der Waals surface area contributed by atoms with E-state index in [1.54, 1.807) is 13.2 Å². The third-order valence-corrected chi connectivity index (χ3v) is 1.92. The van der Waals surface area contributed by atoms with E-state index in [-0.39, 0.29) is 11.7 Å². The lowest BCUT2D eigenvalue weighted by Gasteiger charge is -2.15. The molecule has 0 saturated heterocycles. The molecule has 0 spiro atoms. The number of hydrogen-bond acceptors (Lipinski definition) is 6. The average Bonchev–Trinajstić information content (AvgIpc) is 2.29.